The van der Waals surface area contributed by atoms with Gasteiger partial charge in [-0.15, -0.1) is 0 Å². The van der Waals surface area contributed by atoms with Gasteiger partial charge in [-0.2, -0.15) is 0 Å². The molecule has 1 fully saturated rings. The molecule has 152 valence electrons. The Morgan fingerprint density at radius 1 is 1.17 bits per heavy atom. The summed E-state index contributed by atoms with van der Waals surface area (Å²) in [7, 11) is -1.97. The smallest absolute Gasteiger partial charge is 0.254 e. The minimum absolute atomic E-state index is 0.0184. The summed E-state index contributed by atoms with van der Waals surface area (Å²) < 4.78 is 28.1. The highest BCUT2D eigenvalue weighted by atomic mass is 32.2. The highest BCUT2D eigenvalue weighted by Gasteiger charge is 2.24. The molecule has 0 unspecified atom stereocenters. The van der Waals surface area contributed by atoms with Gasteiger partial charge in [-0.25, -0.2) is 18.1 Å². The first-order valence-electron chi connectivity index (χ1n) is 9.74. The van der Waals surface area contributed by atoms with E-state index in [1.54, 1.807) is 19.2 Å². The van der Waals surface area contributed by atoms with Crippen molar-refractivity contribution >= 4 is 27.0 Å². The van der Waals surface area contributed by atoms with Crippen molar-refractivity contribution in [1.82, 2.24) is 19.6 Å². The number of aromatic amines is 1. The number of carbonyl (C=O) groups excluding carboxylic acids is 1. The van der Waals surface area contributed by atoms with Crippen LogP contribution in [0.4, 0.5) is 0 Å². The van der Waals surface area contributed by atoms with Gasteiger partial charge in [0.25, 0.3) is 5.91 Å². The number of rotatable bonds is 6. The standard InChI is InChI=1S/C21H24N4O3S/c1-25(14-20-22-18-11-4-5-12-19(18)23-20)21(26)15-7-6-10-17(13-15)29(27,28)24-16-8-2-3-9-16/h4-7,10-13,16,24H,2-3,8-9,14H2,1H3,(H,22,23). The molecule has 29 heavy (non-hydrogen) atoms. The number of carbonyl (C=O) groups is 1. The van der Waals surface area contributed by atoms with E-state index in [1.165, 1.54) is 17.0 Å². The molecule has 1 aromatic heterocycles. The average molecular weight is 413 g/mol. The summed E-state index contributed by atoms with van der Waals surface area (Å²) >= 11 is 0. The minimum Gasteiger partial charge on any atom is -0.340 e. The summed E-state index contributed by atoms with van der Waals surface area (Å²) in [6.07, 6.45) is 3.80. The van der Waals surface area contributed by atoms with Gasteiger partial charge in [0.15, 0.2) is 0 Å². The molecular weight excluding hydrogens is 388 g/mol. The Hall–Kier alpha value is -2.71. The normalized spacial score (nSPS) is 15.1. The highest BCUT2D eigenvalue weighted by Crippen LogP contribution is 2.21. The van der Waals surface area contributed by atoms with Crippen LogP contribution < -0.4 is 4.72 Å². The second-order valence-corrected chi connectivity index (χ2v) is 9.21. The third-order valence-electron chi connectivity index (χ3n) is 5.24. The van der Waals surface area contributed by atoms with Crippen LogP contribution in [0.2, 0.25) is 0 Å². The van der Waals surface area contributed by atoms with Gasteiger partial charge < -0.3 is 9.88 Å². The number of benzene rings is 2. The number of nitrogens with zero attached hydrogens (tertiary/aromatic N) is 2. The van der Waals surface area contributed by atoms with Crippen molar-refractivity contribution in [3.8, 4) is 0 Å². The Labute approximate surface area is 170 Å². The predicted octanol–water partition coefficient (Wildman–Crippen LogP) is 3.06. The molecule has 0 radical (unpaired) electrons. The molecule has 4 rings (SSSR count). The van der Waals surface area contributed by atoms with Gasteiger partial charge in [-0.05, 0) is 43.2 Å². The SMILES string of the molecule is CN(Cc1nc2ccccc2[nH]1)C(=O)c1cccc(S(=O)(=O)NC2CCCC2)c1. The number of para-hydroxylation sites is 2. The number of H-pyrrole nitrogens is 1. The van der Waals surface area contributed by atoms with Gasteiger partial charge >= 0.3 is 0 Å². The number of fused-ring (bicyclic) bond motifs is 1. The van der Waals surface area contributed by atoms with Crippen molar-refractivity contribution in [2.24, 2.45) is 0 Å². The summed E-state index contributed by atoms with van der Waals surface area (Å²) in [4.78, 5) is 22.2. The molecule has 0 spiro atoms. The third kappa shape index (κ3) is 4.33. The molecule has 7 nitrogen and oxygen atoms in total. The quantitative estimate of drug-likeness (QED) is 0.650. The van der Waals surface area contributed by atoms with Crippen LogP contribution >= 0.6 is 0 Å². The maximum atomic E-state index is 12.9. The van der Waals surface area contributed by atoms with Crippen molar-refractivity contribution in [3.63, 3.8) is 0 Å². The lowest BCUT2D eigenvalue weighted by Crippen LogP contribution is -2.33. The molecule has 0 bridgehead atoms. The lowest BCUT2D eigenvalue weighted by molar-refractivity contribution is 0.0781. The summed E-state index contributed by atoms with van der Waals surface area (Å²) in [6, 6.07) is 13.8. The number of amides is 1. The van der Waals surface area contributed by atoms with Gasteiger partial charge in [-0.3, -0.25) is 4.79 Å². The molecule has 1 amide bonds. The van der Waals surface area contributed by atoms with E-state index in [-0.39, 0.29) is 16.8 Å². The fourth-order valence-corrected chi connectivity index (χ4v) is 5.08. The molecule has 0 atom stereocenters. The summed E-state index contributed by atoms with van der Waals surface area (Å²) in [6.45, 7) is 0.296. The fourth-order valence-electron chi connectivity index (χ4n) is 3.72. The van der Waals surface area contributed by atoms with Crippen LogP contribution in [-0.2, 0) is 16.6 Å². The fraction of sp³-hybridized carbons (Fsp3) is 0.333. The minimum atomic E-state index is -3.64. The maximum Gasteiger partial charge on any atom is 0.254 e. The van der Waals surface area contributed by atoms with E-state index in [1.807, 2.05) is 24.3 Å². The number of sulfonamides is 1. The molecule has 0 saturated heterocycles. The van der Waals surface area contributed by atoms with Crippen LogP contribution in [0.25, 0.3) is 11.0 Å². The Balaban J connectivity index is 1.49. The monoisotopic (exact) mass is 412 g/mol. The molecule has 1 aliphatic carbocycles. The third-order valence-corrected chi connectivity index (χ3v) is 6.76. The second kappa shape index (κ2) is 7.96. The average Bonchev–Trinajstić information content (AvgIpc) is 3.36. The number of hydrogen-bond donors (Lipinski definition) is 2. The summed E-state index contributed by atoms with van der Waals surface area (Å²) in [5.41, 5.74) is 2.08. The molecule has 3 aromatic rings. The van der Waals surface area contributed by atoms with E-state index in [4.69, 9.17) is 0 Å². The molecule has 0 aliphatic heterocycles. The van der Waals surface area contributed by atoms with Crippen LogP contribution in [-0.4, -0.2) is 42.3 Å². The highest BCUT2D eigenvalue weighted by molar-refractivity contribution is 7.89. The van der Waals surface area contributed by atoms with E-state index in [0.717, 1.165) is 36.7 Å². The zero-order valence-electron chi connectivity index (χ0n) is 16.3. The molecule has 2 N–H and O–H groups in total. The first kappa shape index (κ1) is 19.6. The first-order chi connectivity index (χ1) is 13.9. The van der Waals surface area contributed by atoms with E-state index in [0.29, 0.717) is 17.9 Å². The maximum absolute atomic E-state index is 12.9. The Kier molecular flexibility index (Phi) is 5.38. The number of hydrogen-bond acceptors (Lipinski definition) is 4. The zero-order valence-corrected chi connectivity index (χ0v) is 17.1. The Morgan fingerprint density at radius 3 is 2.69 bits per heavy atom. The zero-order chi connectivity index (χ0) is 20.4. The van der Waals surface area contributed by atoms with Crippen molar-refractivity contribution in [1.29, 1.82) is 0 Å². The van der Waals surface area contributed by atoms with Crippen LogP contribution in [0.5, 0.6) is 0 Å². The van der Waals surface area contributed by atoms with Crippen molar-refractivity contribution in [3.05, 3.63) is 59.9 Å². The van der Waals surface area contributed by atoms with Gasteiger partial charge in [-0.1, -0.05) is 31.0 Å². The topological polar surface area (TPSA) is 95.2 Å². The van der Waals surface area contributed by atoms with E-state index >= 15 is 0 Å². The van der Waals surface area contributed by atoms with Crippen LogP contribution in [0, 0.1) is 0 Å². The lowest BCUT2D eigenvalue weighted by atomic mass is 10.2. The molecule has 1 saturated carbocycles. The van der Waals surface area contributed by atoms with E-state index in [9.17, 15) is 13.2 Å². The first-order valence-corrected chi connectivity index (χ1v) is 11.2. The number of imidazole rings is 1. The van der Waals surface area contributed by atoms with Gasteiger partial charge in [0.2, 0.25) is 10.0 Å². The van der Waals surface area contributed by atoms with Gasteiger partial charge in [0, 0.05) is 18.7 Å². The Bertz CT molecular complexity index is 1100. The molecule has 1 heterocycles. The lowest BCUT2D eigenvalue weighted by Gasteiger charge is -2.17. The van der Waals surface area contributed by atoms with Crippen LogP contribution in [0.3, 0.4) is 0 Å². The van der Waals surface area contributed by atoms with Crippen molar-refractivity contribution in [2.45, 2.75) is 43.2 Å². The number of nitrogens with one attached hydrogen (secondary N) is 2. The number of aromatic nitrogens is 2. The van der Waals surface area contributed by atoms with Crippen LogP contribution in [0.15, 0.2) is 53.4 Å². The molecule has 2 aromatic carbocycles. The summed E-state index contributed by atoms with van der Waals surface area (Å²) in [5, 5.41) is 0. The molecule has 8 heteroatoms. The largest absolute Gasteiger partial charge is 0.340 e. The van der Waals surface area contributed by atoms with Crippen LogP contribution in [0.1, 0.15) is 41.9 Å². The Morgan fingerprint density at radius 2 is 1.93 bits per heavy atom. The van der Waals surface area contributed by atoms with E-state index in [2.05, 4.69) is 14.7 Å². The van der Waals surface area contributed by atoms with E-state index < -0.39 is 10.0 Å². The van der Waals surface area contributed by atoms with Gasteiger partial charge in [0.05, 0.1) is 22.5 Å². The van der Waals surface area contributed by atoms with Gasteiger partial charge in [0.1, 0.15) is 5.82 Å². The predicted molar refractivity (Wildman–Crippen MR) is 111 cm³/mol. The van der Waals surface area contributed by atoms with Crippen molar-refractivity contribution in [2.75, 3.05) is 7.05 Å². The molecular formula is C21H24N4O3S. The summed E-state index contributed by atoms with van der Waals surface area (Å²) in [5.74, 6) is 0.414. The second-order valence-electron chi connectivity index (χ2n) is 7.49. The van der Waals surface area contributed by atoms with Crippen molar-refractivity contribution < 1.29 is 13.2 Å². The molecule has 1 aliphatic rings.